The number of hydrogen-bond acceptors (Lipinski definition) is 5. The zero-order valence-electron chi connectivity index (χ0n) is 9.79. The van der Waals surface area contributed by atoms with Gasteiger partial charge in [-0.1, -0.05) is 12.1 Å². The Labute approximate surface area is 104 Å². The number of thioether (sulfide) groups is 1. The zero-order chi connectivity index (χ0) is 12.8. The number of hydrogen-bond donors (Lipinski definition) is 2. The third-order valence-electron chi connectivity index (χ3n) is 2.52. The van der Waals surface area contributed by atoms with E-state index in [1.165, 1.54) is 17.8 Å². The van der Waals surface area contributed by atoms with E-state index in [0.29, 0.717) is 5.69 Å². The second kappa shape index (κ2) is 6.46. The molecule has 0 bridgehead atoms. The molecule has 6 heteroatoms. The lowest BCUT2D eigenvalue weighted by atomic mass is 10.2. The second-order valence-corrected chi connectivity index (χ2v) is 4.74. The number of benzene rings is 1. The molecule has 94 valence electrons. The Kier molecular flexibility index (Phi) is 5.24. The summed E-state index contributed by atoms with van der Waals surface area (Å²) in [6.45, 7) is 1.93. The molecule has 0 spiro atoms. The van der Waals surface area contributed by atoms with Gasteiger partial charge < -0.3 is 10.4 Å². The van der Waals surface area contributed by atoms with Gasteiger partial charge in [-0.15, -0.1) is 0 Å². The van der Waals surface area contributed by atoms with Crippen molar-refractivity contribution in [2.24, 2.45) is 0 Å². The summed E-state index contributed by atoms with van der Waals surface area (Å²) in [7, 11) is 0. The van der Waals surface area contributed by atoms with E-state index in [-0.39, 0.29) is 23.6 Å². The topological polar surface area (TPSA) is 75.4 Å². The fourth-order valence-corrected chi connectivity index (χ4v) is 2.16. The molecule has 1 aromatic rings. The molecular formula is C11H16N2O3S. The van der Waals surface area contributed by atoms with Crippen LogP contribution in [0.15, 0.2) is 24.3 Å². The van der Waals surface area contributed by atoms with Crippen LogP contribution in [0.5, 0.6) is 0 Å². The van der Waals surface area contributed by atoms with Crippen molar-refractivity contribution in [3.8, 4) is 0 Å². The lowest BCUT2D eigenvalue weighted by Gasteiger charge is -2.22. The summed E-state index contributed by atoms with van der Waals surface area (Å²) in [5.74, 6) is 0. The van der Waals surface area contributed by atoms with Gasteiger partial charge in [0.2, 0.25) is 0 Å². The van der Waals surface area contributed by atoms with Gasteiger partial charge in [0.25, 0.3) is 5.69 Å². The zero-order valence-corrected chi connectivity index (χ0v) is 10.6. The minimum atomic E-state index is -0.415. The van der Waals surface area contributed by atoms with Crippen LogP contribution in [-0.4, -0.2) is 34.2 Å². The molecule has 0 aliphatic rings. The number of nitrogens with one attached hydrogen (secondary N) is 1. The first kappa shape index (κ1) is 13.8. The number of nitro groups is 1. The van der Waals surface area contributed by atoms with Crippen LogP contribution in [0.4, 0.5) is 11.4 Å². The van der Waals surface area contributed by atoms with E-state index >= 15 is 0 Å². The smallest absolute Gasteiger partial charge is 0.292 e. The van der Waals surface area contributed by atoms with Gasteiger partial charge in [-0.05, 0) is 19.2 Å². The molecule has 0 aromatic heterocycles. The van der Waals surface area contributed by atoms with Gasteiger partial charge in [0.1, 0.15) is 5.69 Å². The largest absolute Gasteiger partial charge is 0.395 e. The first-order valence-electron chi connectivity index (χ1n) is 5.23. The van der Waals surface area contributed by atoms with Crippen molar-refractivity contribution in [1.29, 1.82) is 0 Å². The van der Waals surface area contributed by atoms with E-state index in [4.69, 9.17) is 5.11 Å². The summed E-state index contributed by atoms with van der Waals surface area (Å²) < 4.78 is 0. The Morgan fingerprint density at radius 2 is 2.18 bits per heavy atom. The Balaban J connectivity index is 2.84. The number of anilines is 1. The second-order valence-electron chi connectivity index (χ2n) is 3.66. The van der Waals surface area contributed by atoms with Crippen LogP contribution in [0.25, 0.3) is 0 Å². The molecule has 2 N–H and O–H groups in total. The van der Waals surface area contributed by atoms with Crippen LogP contribution in [0.3, 0.4) is 0 Å². The Morgan fingerprint density at radius 3 is 2.71 bits per heavy atom. The molecule has 0 heterocycles. The number of rotatable bonds is 6. The van der Waals surface area contributed by atoms with Gasteiger partial charge in [-0.25, -0.2) is 0 Å². The molecule has 0 radical (unpaired) electrons. The highest BCUT2D eigenvalue weighted by Gasteiger charge is 2.19. The van der Waals surface area contributed by atoms with Crippen molar-refractivity contribution in [2.45, 2.75) is 18.2 Å². The lowest BCUT2D eigenvalue weighted by molar-refractivity contribution is -0.384. The quantitative estimate of drug-likeness (QED) is 0.602. The maximum atomic E-state index is 10.8. The van der Waals surface area contributed by atoms with Crippen LogP contribution in [0.2, 0.25) is 0 Å². The minimum absolute atomic E-state index is 0.00908. The lowest BCUT2D eigenvalue weighted by Crippen LogP contribution is -2.31. The fraction of sp³-hybridized carbons (Fsp3) is 0.455. The minimum Gasteiger partial charge on any atom is -0.395 e. The maximum absolute atomic E-state index is 10.8. The molecule has 0 amide bonds. The number of nitro benzene ring substituents is 1. The van der Waals surface area contributed by atoms with Gasteiger partial charge in [-0.2, -0.15) is 11.8 Å². The summed E-state index contributed by atoms with van der Waals surface area (Å²) in [6.07, 6.45) is 1.90. The van der Waals surface area contributed by atoms with E-state index in [2.05, 4.69) is 5.32 Å². The molecule has 5 nitrogen and oxygen atoms in total. The monoisotopic (exact) mass is 256 g/mol. The molecule has 1 aromatic carbocycles. The Morgan fingerprint density at radius 1 is 1.53 bits per heavy atom. The Bertz CT molecular complexity index is 383. The molecule has 0 fully saturated rings. The molecule has 2 unspecified atom stereocenters. The first-order valence-corrected chi connectivity index (χ1v) is 6.52. The molecule has 17 heavy (non-hydrogen) atoms. The van der Waals surface area contributed by atoms with Crippen LogP contribution in [0.1, 0.15) is 6.92 Å². The van der Waals surface area contributed by atoms with Crippen LogP contribution in [0, 0.1) is 10.1 Å². The van der Waals surface area contributed by atoms with Gasteiger partial charge in [0, 0.05) is 17.4 Å². The van der Waals surface area contributed by atoms with Crippen molar-refractivity contribution in [3.05, 3.63) is 34.4 Å². The van der Waals surface area contributed by atoms with Gasteiger partial charge in [-0.3, -0.25) is 10.1 Å². The van der Waals surface area contributed by atoms with Crippen molar-refractivity contribution in [1.82, 2.24) is 0 Å². The summed E-state index contributed by atoms with van der Waals surface area (Å²) >= 11 is 1.53. The predicted octanol–water partition coefficient (Wildman–Crippen LogP) is 2.12. The maximum Gasteiger partial charge on any atom is 0.292 e. The van der Waals surface area contributed by atoms with E-state index in [1.807, 2.05) is 13.2 Å². The van der Waals surface area contributed by atoms with Crippen LogP contribution in [-0.2, 0) is 0 Å². The predicted molar refractivity (Wildman–Crippen MR) is 70.6 cm³/mol. The first-order chi connectivity index (χ1) is 8.10. The molecule has 0 saturated heterocycles. The fourth-order valence-electron chi connectivity index (χ4n) is 1.53. The van der Waals surface area contributed by atoms with Crippen LogP contribution >= 0.6 is 11.8 Å². The average Bonchev–Trinajstić information content (AvgIpc) is 2.31. The highest BCUT2D eigenvalue weighted by atomic mass is 32.2. The van der Waals surface area contributed by atoms with Crippen LogP contribution < -0.4 is 5.32 Å². The standard InChI is InChI=1S/C11H16N2O3S/c1-8(11(7-14)17-2)12-9-5-3-4-6-10(9)13(15)16/h3-6,8,11-12,14H,7H2,1-2H3. The third kappa shape index (κ3) is 3.61. The molecular weight excluding hydrogens is 240 g/mol. The van der Waals surface area contributed by atoms with Crippen molar-refractivity contribution in [2.75, 3.05) is 18.2 Å². The van der Waals surface area contributed by atoms with Crippen molar-refractivity contribution < 1.29 is 10.0 Å². The summed E-state index contributed by atoms with van der Waals surface area (Å²) in [6, 6.07) is 6.46. The normalized spacial score (nSPS) is 14.1. The van der Waals surface area contributed by atoms with Gasteiger partial charge >= 0.3 is 0 Å². The average molecular weight is 256 g/mol. The summed E-state index contributed by atoms with van der Waals surface area (Å²) in [4.78, 5) is 10.4. The summed E-state index contributed by atoms with van der Waals surface area (Å²) in [5, 5.41) is 23.1. The van der Waals surface area contributed by atoms with Crippen molar-refractivity contribution >= 4 is 23.1 Å². The summed E-state index contributed by atoms with van der Waals surface area (Å²) in [5.41, 5.74) is 0.537. The van der Waals surface area contributed by atoms with Gasteiger partial charge in [0.15, 0.2) is 0 Å². The highest BCUT2D eigenvalue weighted by Crippen LogP contribution is 2.25. The van der Waals surface area contributed by atoms with Crippen molar-refractivity contribution in [3.63, 3.8) is 0 Å². The highest BCUT2D eigenvalue weighted by molar-refractivity contribution is 7.99. The molecule has 0 aliphatic carbocycles. The molecule has 0 saturated carbocycles. The number of nitrogens with zero attached hydrogens (tertiary/aromatic N) is 1. The van der Waals surface area contributed by atoms with E-state index in [1.54, 1.807) is 18.2 Å². The van der Waals surface area contributed by atoms with E-state index < -0.39 is 4.92 Å². The van der Waals surface area contributed by atoms with E-state index in [9.17, 15) is 10.1 Å². The third-order valence-corrected chi connectivity index (χ3v) is 3.69. The Hall–Kier alpha value is -1.27. The van der Waals surface area contributed by atoms with E-state index in [0.717, 1.165) is 0 Å². The molecule has 1 rings (SSSR count). The number of aliphatic hydroxyl groups excluding tert-OH is 1. The SMILES string of the molecule is CSC(CO)C(C)Nc1ccccc1[N+](=O)[O-]. The van der Waals surface area contributed by atoms with Gasteiger partial charge in [0.05, 0.1) is 11.5 Å². The molecule has 0 aliphatic heterocycles. The number of aliphatic hydroxyl groups is 1. The number of para-hydroxylation sites is 2. The molecule has 2 atom stereocenters.